The van der Waals surface area contributed by atoms with E-state index in [0.29, 0.717) is 5.52 Å². The Kier molecular flexibility index (Phi) is 13.3. The number of nitrogen functional groups attached to an aromatic ring is 1. The number of nitrogens with one attached hydrogen (secondary N) is 1. The van der Waals surface area contributed by atoms with Crippen molar-refractivity contribution in [2.75, 3.05) is 25.6 Å². The van der Waals surface area contributed by atoms with Gasteiger partial charge in [0.1, 0.15) is 36.4 Å². The van der Waals surface area contributed by atoms with Crippen LogP contribution in [0.3, 0.4) is 0 Å². The molecule has 1 saturated heterocycles. The monoisotopic (exact) mass is 721 g/mol. The SMILES string of the molecule is CCC(=O)O[C@H]1C(c2ccc3c(N)ncnn23)O[C@](CF)(CO[P@@](=O)(N[C@@H](C)C(=O)OCC(CC)CC)Oc2ccccc2)[C@H]1OC(=O)CC. The third-order valence-corrected chi connectivity index (χ3v) is 10.0. The molecule has 0 bridgehead atoms. The van der Waals surface area contributed by atoms with Crippen LogP contribution in [0.1, 0.15) is 72.1 Å². The molecule has 0 radical (unpaired) electrons. The van der Waals surface area contributed by atoms with Gasteiger partial charge in [-0.25, -0.2) is 18.5 Å². The van der Waals surface area contributed by atoms with Gasteiger partial charge in [0.25, 0.3) is 0 Å². The number of carbonyl (C=O) groups excluding carboxylic acids is 3. The fourth-order valence-corrected chi connectivity index (χ4v) is 6.87. The molecular weight excluding hydrogens is 676 g/mol. The Balaban J connectivity index is 1.72. The van der Waals surface area contributed by atoms with Crippen molar-refractivity contribution in [3.8, 4) is 5.75 Å². The second kappa shape index (κ2) is 17.2. The van der Waals surface area contributed by atoms with E-state index in [-0.39, 0.29) is 42.6 Å². The number of rotatable bonds is 18. The summed E-state index contributed by atoms with van der Waals surface area (Å²) in [5.74, 6) is -1.76. The highest BCUT2D eigenvalue weighted by molar-refractivity contribution is 7.52. The number of carbonyl (C=O) groups is 3. The van der Waals surface area contributed by atoms with E-state index >= 15 is 4.39 Å². The molecule has 0 amide bonds. The van der Waals surface area contributed by atoms with Crippen LogP contribution in [0.5, 0.6) is 5.75 Å². The Bertz CT molecular complexity index is 1660. The fourth-order valence-electron chi connectivity index (χ4n) is 5.33. The molecule has 1 aliphatic heterocycles. The van der Waals surface area contributed by atoms with Crippen LogP contribution in [-0.2, 0) is 42.4 Å². The topological polar surface area (TPSA) is 192 Å². The van der Waals surface area contributed by atoms with E-state index in [1.54, 1.807) is 37.3 Å². The number of hydrogen-bond donors (Lipinski definition) is 2. The largest absolute Gasteiger partial charge is 0.464 e. The molecule has 2 aromatic heterocycles. The molecule has 3 aromatic rings. The molecule has 0 spiro atoms. The first-order valence-electron chi connectivity index (χ1n) is 16.6. The lowest BCUT2D eigenvalue weighted by Crippen LogP contribution is -2.52. The highest BCUT2D eigenvalue weighted by Gasteiger charge is 2.61. The van der Waals surface area contributed by atoms with E-state index in [1.165, 1.54) is 36.8 Å². The number of ether oxygens (including phenoxy) is 4. The van der Waals surface area contributed by atoms with E-state index in [0.717, 1.165) is 12.8 Å². The van der Waals surface area contributed by atoms with E-state index in [2.05, 4.69) is 15.2 Å². The second-order valence-electron chi connectivity index (χ2n) is 11.8. The standard InChI is InChI=1S/C33H45FN5O10P/c1-6-22(7-2)17-44-32(42)21(5)38-50(43,49-23-13-11-10-12-14-23)45-19-33(18-34)30(47-27(41)9-4)29(46-26(40)8-3)28(48-33)24-15-16-25-31(35)36-20-37-39(24)25/h10-16,20-22,28-30H,6-9,17-19H2,1-5H3,(H,38,43)(H2,35,36,37)/t21-,28?,29-,30-,33+,50-/m0/s1. The number of fused-ring (bicyclic) bond motifs is 1. The predicted molar refractivity (Wildman–Crippen MR) is 179 cm³/mol. The van der Waals surface area contributed by atoms with Gasteiger partial charge < -0.3 is 29.2 Å². The third kappa shape index (κ3) is 8.97. The van der Waals surface area contributed by atoms with Gasteiger partial charge in [-0.05, 0) is 37.1 Å². The molecule has 4 rings (SSSR count). The summed E-state index contributed by atoms with van der Waals surface area (Å²) in [4.78, 5) is 42.4. The Morgan fingerprint density at radius 1 is 1.06 bits per heavy atom. The molecule has 0 aliphatic carbocycles. The van der Waals surface area contributed by atoms with Crippen molar-refractivity contribution >= 4 is 37.0 Å². The van der Waals surface area contributed by atoms with Crippen LogP contribution < -0.4 is 15.3 Å². The molecule has 1 fully saturated rings. The molecule has 6 atom stereocenters. The average Bonchev–Trinajstić information content (AvgIpc) is 3.68. The van der Waals surface area contributed by atoms with Crippen LogP contribution in [0.15, 0.2) is 48.8 Å². The number of esters is 3. The minimum absolute atomic E-state index is 0.0594. The molecule has 0 saturated carbocycles. The van der Waals surface area contributed by atoms with Crippen LogP contribution in [0.4, 0.5) is 10.2 Å². The predicted octanol–water partition coefficient (Wildman–Crippen LogP) is 4.90. The summed E-state index contributed by atoms with van der Waals surface area (Å²) in [5.41, 5.74) is 4.49. The van der Waals surface area contributed by atoms with Crippen molar-refractivity contribution in [3.05, 3.63) is 54.5 Å². The molecule has 50 heavy (non-hydrogen) atoms. The number of halogens is 1. The lowest BCUT2D eigenvalue weighted by atomic mass is 9.95. The van der Waals surface area contributed by atoms with Crippen molar-refractivity contribution < 1.29 is 51.3 Å². The van der Waals surface area contributed by atoms with Crippen molar-refractivity contribution in [1.82, 2.24) is 19.7 Å². The van der Waals surface area contributed by atoms with Crippen LogP contribution in [0.2, 0.25) is 0 Å². The fraction of sp³-hybridized carbons (Fsp3) is 0.545. The summed E-state index contributed by atoms with van der Waals surface area (Å²) in [6.07, 6.45) is -1.65. The number of alkyl halides is 1. The normalized spacial score (nSPS) is 22.2. The van der Waals surface area contributed by atoms with Gasteiger partial charge in [-0.1, -0.05) is 58.7 Å². The van der Waals surface area contributed by atoms with Crippen molar-refractivity contribution in [1.29, 1.82) is 0 Å². The zero-order valence-corrected chi connectivity index (χ0v) is 29.7. The Hall–Kier alpha value is -4.11. The number of aromatic nitrogens is 3. The maximum absolute atomic E-state index is 15.6. The first-order chi connectivity index (χ1) is 23.9. The van der Waals surface area contributed by atoms with Gasteiger partial charge in [-0.3, -0.25) is 18.9 Å². The quantitative estimate of drug-likeness (QED) is 0.102. The third-order valence-electron chi connectivity index (χ3n) is 8.38. The summed E-state index contributed by atoms with van der Waals surface area (Å²) in [6.45, 7) is 6.44. The number of nitrogens with two attached hydrogens (primary N) is 1. The summed E-state index contributed by atoms with van der Waals surface area (Å²) >= 11 is 0. The van der Waals surface area contributed by atoms with Gasteiger partial charge in [0, 0.05) is 12.8 Å². The number of benzene rings is 1. The minimum atomic E-state index is -4.56. The summed E-state index contributed by atoms with van der Waals surface area (Å²) in [6, 6.07) is 9.98. The van der Waals surface area contributed by atoms with E-state index in [4.69, 9.17) is 33.7 Å². The molecular formula is C33H45FN5O10P. The van der Waals surface area contributed by atoms with Gasteiger partial charge >= 0.3 is 25.7 Å². The Morgan fingerprint density at radius 2 is 1.74 bits per heavy atom. The molecule has 1 aliphatic rings. The van der Waals surface area contributed by atoms with E-state index < -0.39 is 68.9 Å². The lowest BCUT2D eigenvalue weighted by molar-refractivity contribution is -0.174. The van der Waals surface area contributed by atoms with Crippen molar-refractivity contribution in [3.63, 3.8) is 0 Å². The van der Waals surface area contributed by atoms with Crippen LogP contribution in [0, 0.1) is 5.92 Å². The number of para-hydroxylation sites is 1. The average molecular weight is 722 g/mol. The molecule has 1 aromatic carbocycles. The number of anilines is 1. The number of nitrogens with zero attached hydrogens (tertiary/aromatic N) is 3. The highest BCUT2D eigenvalue weighted by Crippen LogP contribution is 2.50. The van der Waals surface area contributed by atoms with Crippen LogP contribution >= 0.6 is 7.75 Å². The van der Waals surface area contributed by atoms with Gasteiger partial charge in [0.05, 0.1) is 18.9 Å². The first kappa shape index (κ1) is 38.7. The van der Waals surface area contributed by atoms with Crippen molar-refractivity contribution in [2.45, 2.75) is 90.3 Å². The van der Waals surface area contributed by atoms with Gasteiger partial charge in [0.15, 0.2) is 23.6 Å². The molecule has 3 heterocycles. The molecule has 3 N–H and O–H groups in total. The maximum Gasteiger partial charge on any atom is 0.459 e. The highest BCUT2D eigenvalue weighted by atomic mass is 31.2. The molecule has 15 nitrogen and oxygen atoms in total. The number of hydrogen-bond acceptors (Lipinski definition) is 13. The lowest BCUT2D eigenvalue weighted by Gasteiger charge is -2.33. The summed E-state index contributed by atoms with van der Waals surface area (Å²) < 4.78 is 66.2. The van der Waals surface area contributed by atoms with Crippen LogP contribution in [-0.4, -0.2) is 76.2 Å². The Labute approximate surface area is 289 Å². The zero-order valence-electron chi connectivity index (χ0n) is 28.8. The molecule has 1 unspecified atom stereocenters. The smallest absolute Gasteiger partial charge is 0.459 e. The molecule has 274 valence electrons. The first-order valence-corrected chi connectivity index (χ1v) is 18.1. The zero-order chi connectivity index (χ0) is 36.5. The minimum Gasteiger partial charge on any atom is -0.464 e. The van der Waals surface area contributed by atoms with Gasteiger partial charge in [-0.2, -0.15) is 10.2 Å². The molecule has 17 heteroatoms. The van der Waals surface area contributed by atoms with Gasteiger partial charge in [0.2, 0.25) is 0 Å². The second-order valence-corrected chi connectivity index (χ2v) is 13.5. The van der Waals surface area contributed by atoms with E-state index in [1.807, 2.05) is 13.8 Å². The maximum atomic E-state index is 15.6. The van der Waals surface area contributed by atoms with Crippen LogP contribution in [0.25, 0.3) is 5.52 Å². The van der Waals surface area contributed by atoms with Crippen molar-refractivity contribution in [2.24, 2.45) is 5.92 Å². The summed E-state index contributed by atoms with van der Waals surface area (Å²) in [7, 11) is -4.56. The Morgan fingerprint density at radius 3 is 2.38 bits per heavy atom. The van der Waals surface area contributed by atoms with E-state index in [9.17, 15) is 18.9 Å². The van der Waals surface area contributed by atoms with Gasteiger partial charge in [-0.15, -0.1) is 0 Å². The summed E-state index contributed by atoms with van der Waals surface area (Å²) in [5, 5.41) is 6.81.